The van der Waals surface area contributed by atoms with Crippen molar-refractivity contribution < 1.29 is 240 Å². The van der Waals surface area contributed by atoms with Crippen molar-refractivity contribution in [2.24, 2.45) is 0 Å². The first-order chi connectivity index (χ1) is 0. The van der Waals surface area contributed by atoms with E-state index in [1.807, 2.05) is 0 Å². The normalized spacial score (nSPS) is 0. The number of hydrogen-bond donors (Lipinski definition) is 0. The van der Waals surface area contributed by atoms with Gasteiger partial charge < -0.3 is 32.9 Å². The Kier molecular flexibility index (Phi) is 2080. The summed E-state index contributed by atoms with van der Waals surface area (Å²) in [6, 6.07) is 0. The summed E-state index contributed by atoms with van der Waals surface area (Å²) >= 11 is 0. The van der Waals surface area contributed by atoms with Crippen molar-refractivity contribution in [3.8, 4) is 0 Å². The topological polar surface area (TPSA) is 0 Å². The second kappa shape index (κ2) is 158. The second-order valence-electron chi connectivity index (χ2n) is 0. The number of halogens is 7. The van der Waals surface area contributed by atoms with Crippen LogP contribution in [0.4, 0.5) is 0 Å². The molecule has 0 N–H and O–H groups in total. The maximum absolute atomic E-state index is 0. The summed E-state index contributed by atoms with van der Waals surface area (Å²) in [4.78, 5) is 0. The average molecular weight is 294 g/mol. The molecule has 0 aromatic heterocycles. The number of rotatable bonds is 0. The molecular weight excluding hydrogens is 294 g/mol. The molecule has 0 aliphatic carbocycles. The Morgan fingerprint density at radius 3 is 0.143 bits per heavy atom. The molecule has 0 aliphatic heterocycles. The molecule has 0 saturated heterocycles. The van der Waals surface area contributed by atoms with Gasteiger partial charge in [0.2, 0.25) is 0 Å². The van der Waals surface area contributed by atoms with Gasteiger partial charge in [0.1, 0.15) is 0 Å². The van der Waals surface area contributed by atoms with Gasteiger partial charge in [0, 0.05) is 0 Å². The molecule has 0 heterocycles. The minimum atomic E-state index is 0. The predicted molar refractivity (Wildman–Crippen MR) is 0 cm³/mol. The van der Waals surface area contributed by atoms with Crippen LogP contribution >= 0.6 is 0 Å². The van der Waals surface area contributed by atoms with Crippen LogP contribution < -0.4 is 240 Å². The standard InChI is InChI=1S/7FH.7Na/h7*1H;;;;;;;/q;;;;;;;7*+1/p-7. The van der Waals surface area contributed by atoms with Crippen LogP contribution in [0.25, 0.3) is 0 Å². The smallest absolute Gasteiger partial charge is 1.00 e. The van der Waals surface area contributed by atoms with E-state index < -0.39 is 0 Å². The number of hydrogen-bond acceptors (Lipinski definition) is 0. The van der Waals surface area contributed by atoms with E-state index in [0.717, 1.165) is 0 Å². The molecule has 0 atom stereocenters. The van der Waals surface area contributed by atoms with Crippen LogP contribution in [0.15, 0.2) is 0 Å². The summed E-state index contributed by atoms with van der Waals surface area (Å²) in [7, 11) is 0. The van der Waals surface area contributed by atoms with E-state index in [0.29, 0.717) is 0 Å². The third kappa shape index (κ3) is 134. The molecule has 14 heavy (non-hydrogen) atoms. The van der Waals surface area contributed by atoms with E-state index in [-0.39, 0.29) is 240 Å². The Hall–Kier alpha value is 6.51. The van der Waals surface area contributed by atoms with Crippen molar-refractivity contribution in [3.05, 3.63) is 0 Å². The second-order valence-corrected chi connectivity index (χ2v) is 0. The molecule has 0 unspecified atom stereocenters. The van der Waals surface area contributed by atoms with Gasteiger partial charge in [-0.2, -0.15) is 0 Å². The summed E-state index contributed by atoms with van der Waals surface area (Å²) in [5.41, 5.74) is 0. The Balaban J connectivity index is 0. The Bertz CT molecular complexity index is 14.0. The van der Waals surface area contributed by atoms with E-state index in [2.05, 4.69) is 0 Å². The molecule has 0 rings (SSSR count). The van der Waals surface area contributed by atoms with Crippen LogP contribution in [0.1, 0.15) is 0 Å². The van der Waals surface area contributed by atoms with Gasteiger partial charge in [-0.3, -0.25) is 0 Å². The Morgan fingerprint density at radius 1 is 0.143 bits per heavy atom. The predicted octanol–water partition coefficient (Wildman–Crippen LogP) is -41.9. The quantitative estimate of drug-likeness (QED) is 0.307. The van der Waals surface area contributed by atoms with Gasteiger partial charge in [0.15, 0.2) is 0 Å². The molecule has 0 aliphatic rings. The first kappa shape index (κ1) is 184. The van der Waals surface area contributed by atoms with E-state index in [1.54, 1.807) is 0 Å². The van der Waals surface area contributed by atoms with Gasteiger partial charge in [0.05, 0.1) is 0 Å². The van der Waals surface area contributed by atoms with E-state index >= 15 is 0 Å². The van der Waals surface area contributed by atoms with Crippen LogP contribution in [0, 0.1) is 0 Å². The summed E-state index contributed by atoms with van der Waals surface area (Å²) in [6.45, 7) is 0. The van der Waals surface area contributed by atoms with Crippen LogP contribution in [-0.4, -0.2) is 0 Å². The first-order valence-electron chi connectivity index (χ1n) is 0. The molecule has 0 spiro atoms. The van der Waals surface area contributed by atoms with Crippen LogP contribution in [-0.2, 0) is 0 Å². The molecule has 0 radical (unpaired) electrons. The Labute approximate surface area is 233 Å². The molecule has 0 aromatic carbocycles. The van der Waals surface area contributed by atoms with E-state index in [1.165, 1.54) is 0 Å². The van der Waals surface area contributed by atoms with Gasteiger partial charge in [-0.25, -0.2) is 0 Å². The first-order valence-corrected chi connectivity index (χ1v) is 0. The van der Waals surface area contributed by atoms with Crippen molar-refractivity contribution in [3.63, 3.8) is 0 Å². The average Bonchev–Trinajstić information content (AvgIpc) is 0. The van der Waals surface area contributed by atoms with Crippen LogP contribution in [0.5, 0.6) is 0 Å². The van der Waals surface area contributed by atoms with Crippen LogP contribution in [0.2, 0.25) is 0 Å². The fourth-order valence-corrected chi connectivity index (χ4v) is 0. The minimum Gasteiger partial charge on any atom is -1.00 e. The minimum absolute atomic E-state index is 0. The monoisotopic (exact) mass is 294 g/mol. The molecule has 0 amide bonds. The molecule has 0 nitrogen and oxygen atoms in total. The fraction of sp³-hybridized carbons (Fsp3) is 0. The third-order valence-corrected chi connectivity index (χ3v) is 0. The SMILES string of the molecule is [F-].[F-].[F-].[F-].[F-].[F-].[F-].[Na+].[Na+].[Na+].[Na+].[Na+].[Na+].[Na+]. The maximum Gasteiger partial charge on any atom is 1.00 e. The van der Waals surface area contributed by atoms with Gasteiger partial charge in [0.25, 0.3) is 0 Å². The van der Waals surface area contributed by atoms with E-state index in [9.17, 15) is 0 Å². The van der Waals surface area contributed by atoms with Gasteiger partial charge in [-0.15, -0.1) is 0 Å². The third-order valence-electron chi connectivity index (χ3n) is 0. The van der Waals surface area contributed by atoms with Gasteiger partial charge >= 0.3 is 207 Å². The van der Waals surface area contributed by atoms with Crippen LogP contribution in [0.3, 0.4) is 0 Å². The van der Waals surface area contributed by atoms with E-state index in [4.69, 9.17) is 0 Å². The zero-order chi connectivity index (χ0) is 0. The fourth-order valence-electron chi connectivity index (χ4n) is 0. The molecule has 0 bridgehead atoms. The zero-order valence-electron chi connectivity index (χ0n) is 9.65. The zero-order valence-corrected chi connectivity index (χ0v) is 23.6. The summed E-state index contributed by atoms with van der Waals surface area (Å²) in [6.07, 6.45) is 0. The summed E-state index contributed by atoms with van der Waals surface area (Å²) < 4.78 is 0. The van der Waals surface area contributed by atoms with Crippen molar-refractivity contribution in [1.82, 2.24) is 0 Å². The van der Waals surface area contributed by atoms with Crippen molar-refractivity contribution in [2.75, 3.05) is 0 Å². The Morgan fingerprint density at radius 2 is 0.143 bits per heavy atom. The largest absolute Gasteiger partial charge is 1.00 e. The van der Waals surface area contributed by atoms with Crippen molar-refractivity contribution >= 4 is 0 Å². The van der Waals surface area contributed by atoms with Crippen molar-refractivity contribution in [2.45, 2.75) is 0 Å². The molecule has 0 aromatic rings. The molecule has 0 saturated carbocycles. The van der Waals surface area contributed by atoms with Gasteiger partial charge in [-0.05, 0) is 0 Å². The molecule has 0 fully saturated rings. The maximum atomic E-state index is 0. The van der Waals surface area contributed by atoms with Crippen molar-refractivity contribution in [1.29, 1.82) is 0 Å². The molecule has 56 valence electrons. The van der Waals surface area contributed by atoms with Gasteiger partial charge in [-0.1, -0.05) is 0 Å². The summed E-state index contributed by atoms with van der Waals surface area (Å²) in [5.74, 6) is 0. The summed E-state index contributed by atoms with van der Waals surface area (Å²) in [5, 5.41) is 0. The molecule has 14 heteroatoms. The molecular formula is F7Na7.